The molecule has 31 heavy (non-hydrogen) atoms. The molecular formula is C28H31N2O+. The lowest BCUT2D eigenvalue weighted by Gasteiger charge is -2.24. The number of β-amino-alcohol motifs (C(OH)–C–C–N with tert-alkyl or cyclic N) is 1. The number of benzene rings is 3. The SMILES string of the molecule is CCc1ccc(N2C[C@](O)(c3ccc(-c4ccccc4)cc3)[N+]3=C2CCCCC3)cc1. The fourth-order valence-corrected chi connectivity index (χ4v) is 5.03. The van der Waals surface area contributed by atoms with Crippen LogP contribution in [-0.4, -0.2) is 28.6 Å². The summed E-state index contributed by atoms with van der Waals surface area (Å²) in [6, 6.07) is 27.7. The average Bonchev–Trinajstić information content (AvgIpc) is 2.97. The highest BCUT2D eigenvalue weighted by Gasteiger charge is 2.51. The summed E-state index contributed by atoms with van der Waals surface area (Å²) in [5.41, 5.74) is 4.87. The minimum atomic E-state index is -1.00. The molecule has 1 atom stereocenters. The van der Waals surface area contributed by atoms with E-state index in [-0.39, 0.29) is 0 Å². The Morgan fingerprint density at radius 1 is 0.839 bits per heavy atom. The van der Waals surface area contributed by atoms with Crippen LogP contribution < -0.4 is 4.90 Å². The first-order valence-electron chi connectivity index (χ1n) is 11.6. The summed E-state index contributed by atoms with van der Waals surface area (Å²) in [4.78, 5) is 2.34. The molecule has 1 N–H and O–H groups in total. The monoisotopic (exact) mass is 411 g/mol. The van der Waals surface area contributed by atoms with Crippen LogP contribution in [0.3, 0.4) is 0 Å². The highest BCUT2D eigenvalue weighted by Crippen LogP contribution is 2.36. The van der Waals surface area contributed by atoms with Crippen molar-refractivity contribution in [3.05, 3.63) is 90.0 Å². The van der Waals surface area contributed by atoms with E-state index in [0.717, 1.165) is 31.4 Å². The molecular weight excluding hydrogens is 380 g/mol. The Morgan fingerprint density at radius 2 is 1.55 bits per heavy atom. The zero-order valence-corrected chi connectivity index (χ0v) is 18.3. The van der Waals surface area contributed by atoms with Crippen LogP contribution in [-0.2, 0) is 12.1 Å². The van der Waals surface area contributed by atoms with Crippen molar-refractivity contribution in [2.75, 3.05) is 18.0 Å². The minimum Gasteiger partial charge on any atom is -0.346 e. The number of aliphatic hydroxyl groups is 1. The molecule has 3 aromatic rings. The molecule has 3 aromatic carbocycles. The average molecular weight is 412 g/mol. The van der Waals surface area contributed by atoms with E-state index in [2.05, 4.69) is 89.2 Å². The smallest absolute Gasteiger partial charge is 0.271 e. The minimum absolute atomic E-state index is 0.568. The molecule has 0 fully saturated rings. The summed E-state index contributed by atoms with van der Waals surface area (Å²) < 4.78 is 2.27. The van der Waals surface area contributed by atoms with Gasteiger partial charge in [-0.2, -0.15) is 0 Å². The van der Waals surface area contributed by atoms with Crippen molar-refractivity contribution in [3.63, 3.8) is 0 Å². The van der Waals surface area contributed by atoms with Crippen LogP contribution in [0.15, 0.2) is 78.9 Å². The molecule has 0 aliphatic carbocycles. The topological polar surface area (TPSA) is 26.5 Å². The Labute approximate surface area is 185 Å². The normalized spacial score (nSPS) is 21.2. The maximum absolute atomic E-state index is 12.0. The van der Waals surface area contributed by atoms with E-state index in [1.807, 2.05) is 6.07 Å². The third kappa shape index (κ3) is 3.68. The van der Waals surface area contributed by atoms with Crippen molar-refractivity contribution in [1.82, 2.24) is 0 Å². The van der Waals surface area contributed by atoms with Crippen LogP contribution >= 0.6 is 0 Å². The van der Waals surface area contributed by atoms with Gasteiger partial charge in [0.2, 0.25) is 0 Å². The molecule has 0 saturated heterocycles. The second kappa shape index (κ2) is 8.32. The summed E-state index contributed by atoms with van der Waals surface area (Å²) in [5, 5.41) is 12.0. The summed E-state index contributed by atoms with van der Waals surface area (Å²) >= 11 is 0. The Hall–Kier alpha value is -2.91. The van der Waals surface area contributed by atoms with Gasteiger partial charge in [0.05, 0.1) is 6.54 Å². The predicted octanol–water partition coefficient (Wildman–Crippen LogP) is 5.57. The second-order valence-electron chi connectivity index (χ2n) is 8.74. The van der Waals surface area contributed by atoms with Gasteiger partial charge >= 0.3 is 0 Å². The van der Waals surface area contributed by atoms with Gasteiger partial charge in [-0.1, -0.05) is 73.7 Å². The summed E-state index contributed by atoms with van der Waals surface area (Å²) in [6.45, 7) is 3.65. The maximum Gasteiger partial charge on any atom is 0.271 e. The van der Waals surface area contributed by atoms with Crippen LogP contribution in [0.1, 0.15) is 43.7 Å². The van der Waals surface area contributed by atoms with Crippen molar-refractivity contribution in [3.8, 4) is 11.1 Å². The Kier molecular flexibility index (Phi) is 5.37. The van der Waals surface area contributed by atoms with Gasteiger partial charge in [-0.05, 0) is 54.5 Å². The summed E-state index contributed by atoms with van der Waals surface area (Å²) in [5.74, 6) is 1.26. The lowest BCUT2D eigenvalue weighted by molar-refractivity contribution is -0.658. The fourth-order valence-electron chi connectivity index (χ4n) is 5.03. The lowest BCUT2D eigenvalue weighted by Crippen LogP contribution is -2.41. The molecule has 0 spiro atoms. The molecule has 3 heteroatoms. The van der Waals surface area contributed by atoms with Crippen molar-refractivity contribution in [2.45, 2.75) is 44.8 Å². The van der Waals surface area contributed by atoms with E-state index in [1.165, 1.54) is 41.1 Å². The molecule has 0 unspecified atom stereocenters. The van der Waals surface area contributed by atoms with Gasteiger partial charge in [-0.3, -0.25) is 0 Å². The van der Waals surface area contributed by atoms with Crippen molar-refractivity contribution >= 4 is 11.5 Å². The van der Waals surface area contributed by atoms with E-state index in [4.69, 9.17) is 0 Å². The highest BCUT2D eigenvalue weighted by molar-refractivity contribution is 5.96. The molecule has 0 saturated carbocycles. The lowest BCUT2D eigenvalue weighted by atomic mass is 9.98. The second-order valence-corrected chi connectivity index (χ2v) is 8.74. The maximum atomic E-state index is 12.0. The summed E-state index contributed by atoms with van der Waals surface area (Å²) in [6.07, 6.45) is 5.57. The first-order chi connectivity index (χ1) is 15.2. The molecule has 0 amide bonds. The molecule has 0 aromatic heterocycles. The van der Waals surface area contributed by atoms with E-state index < -0.39 is 5.72 Å². The molecule has 0 bridgehead atoms. The standard InChI is InChI=1S/C28H31N2O/c1-2-22-12-18-26(19-13-22)29-21-28(31,30-20-8-4-7-11-27(29)30)25-16-14-24(15-17-25)23-9-5-3-6-10-23/h3,5-6,9-10,12-19,31H,2,4,7-8,11,20-21H2,1H3/q+1/t28-/m0/s1. The van der Waals surface area contributed by atoms with Gasteiger partial charge < -0.3 is 5.11 Å². The Morgan fingerprint density at radius 3 is 2.26 bits per heavy atom. The van der Waals surface area contributed by atoms with Gasteiger partial charge in [0, 0.05) is 12.0 Å². The van der Waals surface area contributed by atoms with Crippen LogP contribution in [0.25, 0.3) is 11.1 Å². The van der Waals surface area contributed by atoms with Gasteiger partial charge in [0.25, 0.3) is 11.6 Å². The Bertz CT molecular complexity index is 1070. The molecule has 5 rings (SSSR count). The molecule has 158 valence electrons. The fraction of sp³-hybridized carbons (Fsp3) is 0.321. The van der Waals surface area contributed by atoms with Gasteiger partial charge in [0.1, 0.15) is 5.69 Å². The number of anilines is 1. The van der Waals surface area contributed by atoms with Crippen LogP contribution in [0, 0.1) is 0 Å². The van der Waals surface area contributed by atoms with E-state index in [9.17, 15) is 5.11 Å². The van der Waals surface area contributed by atoms with E-state index in [1.54, 1.807) is 0 Å². The third-order valence-electron chi connectivity index (χ3n) is 6.84. The highest BCUT2D eigenvalue weighted by atomic mass is 16.3. The van der Waals surface area contributed by atoms with Crippen molar-refractivity contribution < 1.29 is 9.68 Å². The quantitative estimate of drug-likeness (QED) is 0.569. The molecule has 0 radical (unpaired) electrons. The van der Waals surface area contributed by atoms with Crippen molar-refractivity contribution in [1.29, 1.82) is 0 Å². The number of hydrogen-bond acceptors (Lipinski definition) is 2. The zero-order valence-electron chi connectivity index (χ0n) is 18.3. The number of amidine groups is 1. The summed E-state index contributed by atoms with van der Waals surface area (Å²) in [7, 11) is 0. The largest absolute Gasteiger partial charge is 0.346 e. The van der Waals surface area contributed by atoms with E-state index >= 15 is 0 Å². The number of rotatable bonds is 4. The third-order valence-corrected chi connectivity index (χ3v) is 6.84. The molecule has 2 heterocycles. The van der Waals surface area contributed by atoms with Crippen LogP contribution in [0.2, 0.25) is 0 Å². The van der Waals surface area contributed by atoms with Gasteiger partial charge in [0.15, 0.2) is 6.54 Å². The van der Waals surface area contributed by atoms with Crippen LogP contribution in [0.5, 0.6) is 0 Å². The Balaban J connectivity index is 1.52. The molecule has 3 nitrogen and oxygen atoms in total. The molecule has 2 aliphatic heterocycles. The number of nitrogens with zero attached hydrogens (tertiary/aromatic N) is 2. The first-order valence-corrected chi connectivity index (χ1v) is 11.6. The molecule has 2 aliphatic rings. The van der Waals surface area contributed by atoms with Gasteiger partial charge in [-0.25, -0.2) is 9.48 Å². The first kappa shape index (κ1) is 20.0. The van der Waals surface area contributed by atoms with Crippen LogP contribution in [0.4, 0.5) is 5.69 Å². The zero-order chi connectivity index (χ0) is 21.3. The number of hydrogen-bond donors (Lipinski definition) is 1. The predicted molar refractivity (Wildman–Crippen MR) is 128 cm³/mol. The van der Waals surface area contributed by atoms with Gasteiger partial charge in [-0.15, -0.1) is 0 Å². The number of aryl methyl sites for hydroxylation is 1. The van der Waals surface area contributed by atoms with E-state index in [0.29, 0.717) is 6.54 Å². The van der Waals surface area contributed by atoms with Crippen molar-refractivity contribution in [2.24, 2.45) is 0 Å².